The summed E-state index contributed by atoms with van der Waals surface area (Å²) in [6.07, 6.45) is 0. The molecule has 6 heteroatoms. The highest BCUT2D eigenvalue weighted by molar-refractivity contribution is 5.99. The monoisotopic (exact) mass is 442 g/mol. The van der Waals surface area contributed by atoms with E-state index in [9.17, 15) is 9.59 Å². The molecule has 3 aromatic rings. The molecule has 0 bridgehead atoms. The Morgan fingerprint density at radius 3 is 2.09 bits per heavy atom. The van der Waals surface area contributed by atoms with Gasteiger partial charge in [0.05, 0.1) is 6.54 Å². The van der Waals surface area contributed by atoms with Gasteiger partial charge in [-0.3, -0.25) is 14.5 Å². The van der Waals surface area contributed by atoms with E-state index in [4.69, 9.17) is 0 Å². The molecule has 170 valence electrons. The summed E-state index contributed by atoms with van der Waals surface area (Å²) >= 11 is 0. The van der Waals surface area contributed by atoms with Crippen LogP contribution < -0.4 is 10.6 Å². The van der Waals surface area contributed by atoms with Gasteiger partial charge in [0.1, 0.15) is 0 Å². The van der Waals surface area contributed by atoms with Crippen molar-refractivity contribution in [2.75, 3.05) is 45.1 Å². The number of nitrogens with zero attached hydrogens (tertiary/aromatic N) is 2. The lowest BCUT2D eigenvalue weighted by Gasteiger charge is -2.32. The normalized spacial score (nSPS) is 14.6. The Morgan fingerprint density at radius 1 is 0.788 bits per heavy atom. The van der Waals surface area contributed by atoms with Crippen LogP contribution >= 0.6 is 0 Å². The maximum absolute atomic E-state index is 12.4. The second kappa shape index (κ2) is 10.9. The molecule has 0 spiro atoms. The molecule has 2 N–H and O–H groups in total. The van der Waals surface area contributed by atoms with E-state index in [0.717, 1.165) is 49.5 Å². The van der Waals surface area contributed by atoms with Gasteiger partial charge in [-0.2, -0.15) is 0 Å². The summed E-state index contributed by atoms with van der Waals surface area (Å²) in [6, 6.07) is 25.3. The van der Waals surface area contributed by atoms with Gasteiger partial charge in [0.25, 0.3) is 5.91 Å². The molecule has 0 aliphatic carbocycles. The third-order valence-electron chi connectivity index (χ3n) is 5.90. The van der Waals surface area contributed by atoms with E-state index in [1.165, 1.54) is 5.56 Å². The highest BCUT2D eigenvalue weighted by Gasteiger charge is 2.14. The van der Waals surface area contributed by atoms with Gasteiger partial charge in [0.2, 0.25) is 5.91 Å². The minimum absolute atomic E-state index is 0.0810. The number of rotatable bonds is 7. The first-order valence-electron chi connectivity index (χ1n) is 11.3. The maximum Gasteiger partial charge on any atom is 0.251 e. The van der Waals surface area contributed by atoms with Gasteiger partial charge in [-0.1, -0.05) is 54.6 Å². The SMILES string of the molecule is CN1CCN(Cc2ccc(NC(=O)CNC(=O)c3ccc(-c4ccccc4)cc3)cc2)CC1. The molecular formula is C27H30N4O2. The minimum atomic E-state index is -0.271. The van der Waals surface area contributed by atoms with Gasteiger partial charge >= 0.3 is 0 Å². The largest absolute Gasteiger partial charge is 0.343 e. The fourth-order valence-corrected chi connectivity index (χ4v) is 3.87. The number of piperazine rings is 1. The van der Waals surface area contributed by atoms with Crippen molar-refractivity contribution < 1.29 is 9.59 Å². The van der Waals surface area contributed by atoms with Crippen molar-refractivity contribution in [1.82, 2.24) is 15.1 Å². The standard InChI is InChI=1S/C27H30N4O2/c1-30-15-17-31(18-16-30)20-21-7-13-25(14-8-21)29-26(32)19-28-27(33)24-11-9-23(10-12-24)22-5-3-2-4-6-22/h2-14H,15-20H2,1H3,(H,28,33)(H,29,32). The third kappa shape index (κ3) is 6.51. The molecule has 3 aromatic carbocycles. The van der Waals surface area contributed by atoms with E-state index < -0.39 is 0 Å². The first kappa shape index (κ1) is 22.7. The van der Waals surface area contributed by atoms with Crippen molar-refractivity contribution in [3.8, 4) is 11.1 Å². The van der Waals surface area contributed by atoms with Gasteiger partial charge in [-0.05, 0) is 48.0 Å². The third-order valence-corrected chi connectivity index (χ3v) is 5.90. The topological polar surface area (TPSA) is 64.7 Å². The van der Waals surface area contributed by atoms with Crippen LogP contribution in [0.5, 0.6) is 0 Å². The number of hydrogen-bond donors (Lipinski definition) is 2. The predicted octanol–water partition coefficient (Wildman–Crippen LogP) is 3.47. The van der Waals surface area contributed by atoms with Crippen LogP contribution in [-0.2, 0) is 11.3 Å². The van der Waals surface area contributed by atoms with Crippen molar-refractivity contribution in [3.63, 3.8) is 0 Å². The lowest BCUT2D eigenvalue weighted by atomic mass is 10.0. The summed E-state index contributed by atoms with van der Waals surface area (Å²) in [5, 5.41) is 5.53. The molecule has 1 saturated heterocycles. The van der Waals surface area contributed by atoms with E-state index in [1.807, 2.05) is 66.7 Å². The molecular weight excluding hydrogens is 412 g/mol. The van der Waals surface area contributed by atoms with Crippen molar-refractivity contribution in [3.05, 3.63) is 90.0 Å². The van der Waals surface area contributed by atoms with Crippen molar-refractivity contribution >= 4 is 17.5 Å². The molecule has 1 fully saturated rings. The maximum atomic E-state index is 12.4. The smallest absolute Gasteiger partial charge is 0.251 e. The Labute approximate surface area is 195 Å². The summed E-state index contributed by atoms with van der Waals surface area (Å²) in [5.41, 5.74) is 4.61. The van der Waals surface area contributed by atoms with Gasteiger partial charge in [-0.15, -0.1) is 0 Å². The zero-order valence-electron chi connectivity index (χ0n) is 19.0. The molecule has 33 heavy (non-hydrogen) atoms. The summed E-state index contributed by atoms with van der Waals surface area (Å²) in [5.74, 6) is -0.525. The molecule has 1 heterocycles. The quantitative estimate of drug-likeness (QED) is 0.588. The average molecular weight is 443 g/mol. The van der Waals surface area contributed by atoms with Crippen molar-refractivity contribution in [1.29, 1.82) is 0 Å². The number of likely N-dealkylation sites (N-methyl/N-ethyl adjacent to an activating group) is 1. The zero-order valence-corrected chi connectivity index (χ0v) is 19.0. The molecule has 0 saturated carbocycles. The first-order valence-corrected chi connectivity index (χ1v) is 11.3. The van der Waals surface area contributed by atoms with Crippen LogP contribution in [0.25, 0.3) is 11.1 Å². The Balaban J connectivity index is 1.23. The number of amides is 2. The predicted molar refractivity (Wildman–Crippen MR) is 132 cm³/mol. The van der Waals surface area contributed by atoms with Gasteiger partial charge in [-0.25, -0.2) is 0 Å². The summed E-state index contributed by atoms with van der Waals surface area (Å²) in [7, 11) is 2.15. The summed E-state index contributed by atoms with van der Waals surface area (Å²) in [4.78, 5) is 29.5. The minimum Gasteiger partial charge on any atom is -0.343 e. The van der Waals surface area contributed by atoms with E-state index >= 15 is 0 Å². The number of carbonyl (C=O) groups is 2. The first-order chi connectivity index (χ1) is 16.1. The molecule has 6 nitrogen and oxygen atoms in total. The van der Waals surface area contributed by atoms with E-state index in [0.29, 0.717) is 5.56 Å². The van der Waals surface area contributed by atoms with E-state index in [2.05, 4.69) is 27.5 Å². The summed E-state index contributed by atoms with van der Waals surface area (Å²) in [6.45, 7) is 5.17. The molecule has 1 aliphatic rings. The number of benzene rings is 3. The second-order valence-corrected chi connectivity index (χ2v) is 8.45. The zero-order chi connectivity index (χ0) is 23.0. The fourth-order valence-electron chi connectivity index (χ4n) is 3.87. The van der Waals surface area contributed by atoms with Gasteiger partial charge in [0, 0.05) is 44.0 Å². The van der Waals surface area contributed by atoms with Crippen LogP contribution in [0.15, 0.2) is 78.9 Å². The molecule has 4 rings (SSSR count). The Kier molecular flexibility index (Phi) is 7.50. The van der Waals surface area contributed by atoms with Crippen LogP contribution in [-0.4, -0.2) is 61.4 Å². The Morgan fingerprint density at radius 2 is 1.42 bits per heavy atom. The molecule has 2 amide bonds. The van der Waals surface area contributed by atoms with E-state index in [-0.39, 0.29) is 18.4 Å². The molecule has 0 radical (unpaired) electrons. The molecule has 0 atom stereocenters. The summed E-state index contributed by atoms with van der Waals surface area (Å²) < 4.78 is 0. The number of hydrogen-bond acceptors (Lipinski definition) is 4. The number of carbonyl (C=O) groups excluding carboxylic acids is 2. The van der Waals surface area contributed by atoms with Crippen molar-refractivity contribution in [2.45, 2.75) is 6.54 Å². The van der Waals surface area contributed by atoms with Gasteiger partial charge in [0.15, 0.2) is 0 Å². The molecule has 1 aliphatic heterocycles. The van der Waals surface area contributed by atoms with E-state index in [1.54, 1.807) is 12.1 Å². The lowest BCUT2D eigenvalue weighted by Crippen LogP contribution is -2.43. The van der Waals surface area contributed by atoms with Crippen LogP contribution in [0.2, 0.25) is 0 Å². The second-order valence-electron chi connectivity index (χ2n) is 8.45. The molecule has 0 aromatic heterocycles. The van der Waals surface area contributed by atoms with Crippen LogP contribution in [0.3, 0.4) is 0 Å². The highest BCUT2D eigenvalue weighted by Crippen LogP contribution is 2.19. The van der Waals surface area contributed by atoms with Crippen LogP contribution in [0, 0.1) is 0 Å². The number of nitrogens with one attached hydrogen (secondary N) is 2. The number of anilines is 1. The lowest BCUT2D eigenvalue weighted by molar-refractivity contribution is -0.115. The highest BCUT2D eigenvalue weighted by atomic mass is 16.2. The van der Waals surface area contributed by atoms with Crippen molar-refractivity contribution in [2.24, 2.45) is 0 Å². The average Bonchev–Trinajstić information content (AvgIpc) is 2.86. The fraction of sp³-hybridized carbons (Fsp3) is 0.259. The molecule has 0 unspecified atom stereocenters. The Hall–Kier alpha value is -3.48. The van der Waals surface area contributed by atoms with Gasteiger partial charge < -0.3 is 15.5 Å². The van der Waals surface area contributed by atoms with Crippen LogP contribution in [0.1, 0.15) is 15.9 Å². The Bertz CT molecular complexity index is 1060. The van der Waals surface area contributed by atoms with Crippen LogP contribution in [0.4, 0.5) is 5.69 Å².